The fraction of sp³-hybridized carbons (Fsp3) is 0.333. The van der Waals surface area contributed by atoms with Crippen LogP contribution in [0.3, 0.4) is 0 Å². The van der Waals surface area contributed by atoms with Crippen molar-refractivity contribution in [3.05, 3.63) is 238 Å². The van der Waals surface area contributed by atoms with Crippen LogP contribution < -0.4 is 0 Å². The predicted molar refractivity (Wildman–Crippen MR) is 264 cm³/mol. The van der Waals surface area contributed by atoms with Crippen molar-refractivity contribution < 1.29 is 47.7 Å². The van der Waals surface area contributed by atoms with E-state index in [0.717, 1.165) is 33.4 Å². The molecule has 1 saturated heterocycles. The van der Waals surface area contributed by atoms with Gasteiger partial charge in [0.2, 0.25) is 0 Å². The van der Waals surface area contributed by atoms with Gasteiger partial charge in [-0.25, -0.2) is 0 Å². The normalized spacial score (nSPS) is 25.4. The lowest BCUT2D eigenvalue weighted by Crippen LogP contribution is -2.69. The van der Waals surface area contributed by atoms with Crippen molar-refractivity contribution >= 4 is 0 Å². The maximum atomic E-state index is 12.6. The minimum Gasteiger partial charge on any atom is -0.387 e. The van der Waals surface area contributed by atoms with Gasteiger partial charge in [-0.1, -0.05) is 193 Å². The lowest BCUT2D eigenvalue weighted by molar-refractivity contribution is -0.338. The highest BCUT2D eigenvalue weighted by Crippen LogP contribution is 2.38. The Bertz CT molecular complexity index is 2460. The van der Waals surface area contributed by atoms with Gasteiger partial charge in [-0.15, -0.1) is 6.58 Å². The minimum absolute atomic E-state index is 0.0490. The molecule has 1 N–H and O–H groups in total. The number of ether oxygens (including phenoxy) is 9. The first-order chi connectivity index (χ1) is 34.6. The average molecular weight is 948 g/mol. The van der Waals surface area contributed by atoms with Gasteiger partial charge in [-0.3, -0.25) is 0 Å². The molecule has 11 atom stereocenters. The van der Waals surface area contributed by atoms with Gasteiger partial charge in [-0.2, -0.15) is 0 Å². The average Bonchev–Trinajstić information content (AvgIpc) is 3.41. The van der Waals surface area contributed by atoms with E-state index in [1.54, 1.807) is 6.08 Å². The summed E-state index contributed by atoms with van der Waals surface area (Å²) in [6.45, 7) is 5.15. The first-order valence-corrected chi connectivity index (χ1v) is 23.7. The summed E-state index contributed by atoms with van der Waals surface area (Å²) in [5.41, 5.74) is 15.8. The van der Waals surface area contributed by atoms with Gasteiger partial charge in [0, 0.05) is 4.91 Å². The van der Waals surface area contributed by atoms with Crippen LogP contribution in [0.25, 0.3) is 10.4 Å². The van der Waals surface area contributed by atoms with Crippen molar-refractivity contribution in [1.29, 1.82) is 0 Å². The third-order valence-corrected chi connectivity index (χ3v) is 12.3. The number of hydrogen-bond acceptors (Lipinski definition) is 11. The summed E-state index contributed by atoms with van der Waals surface area (Å²) in [4.78, 5) is 3.34. The monoisotopic (exact) mass is 947 g/mol. The first-order valence-electron chi connectivity index (χ1n) is 23.7. The summed E-state index contributed by atoms with van der Waals surface area (Å²) in [5.74, 6) is 0. The van der Waals surface area contributed by atoms with E-state index in [4.69, 9.17) is 42.6 Å². The van der Waals surface area contributed by atoms with Crippen molar-refractivity contribution in [3.8, 4) is 0 Å². The largest absolute Gasteiger partial charge is 0.387 e. The van der Waals surface area contributed by atoms with E-state index in [1.807, 2.05) is 182 Å². The molecular weight excluding hydrogens is 887 g/mol. The van der Waals surface area contributed by atoms with Crippen molar-refractivity contribution in [1.82, 2.24) is 0 Å². The van der Waals surface area contributed by atoms with Crippen LogP contribution in [0.2, 0.25) is 0 Å². The van der Waals surface area contributed by atoms with E-state index in [2.05, 4.69) is 16.6 Å². The number of rotatable bonds is 25. The molecule has 13 heteroatoms. The molecule has 13 nitrogen and oxygen atoms in total. The Morgan fingerprint density at radius 2 is 0.829 bits per heavy atom. The Morgan fingerprint density at radius 1 is 0.471 bits per heavy atom. The number of aliphatic hydroxyl groups excluding tert-OH is 1. The van der Waals surface area contributed by atoms with E-state index >= 15 is 0 Å². The molecule has 70 heavy (non-hydrogen) atoms. The maximum Gasteiger partial charge on any atom is 0.169 e. The molecule has 6 aromatic rings. The third-order valence-electron chi connectivity index (χ3n) is 12.3. The van der Waals surface area contributed by atoms with Crippen molar-refractivity contribution in [2.75, 3.05) is 13.2 Å². The highest BCUT2D eigenvalue weighted by Gasteiger charge is 2.57. The quantitative estimate of drug-likeness (QED) is 0.0254. The van der Waals surface area contributed by atoms with Gasteiger partial charge >= 0.3 is 0 Å². The third kappa shape index (κ3) is 14.1. The fourth-order valence-electron chi connectivity index (χ4n) is 8.81. The number of hydrogen-bond donors (Lipinski definition) is 1. The van der Waals surface area contributed by atoms with Crippen LogP contribution in [0.4, 0.5) is 0 Å². The molecule has 0 amide bonds. The summed E-state index contributed by atoms with van der Waals surface area (Å²) in [7, 11) is 0. The Labute approximate surface area is 410 Å². The molecule has 1 saturated carbocycles. The van der Waals surface area contributed by atoms with Crippen LogP contribution in [0, 0.1) is 0 Å². The predicted octanol–water partition coefficient (Wildman–Crippen LogP) is 9.86. The number of benzene rings is 6. The molecule has 0 radical (unpaired) electrons. The van der Waals surface area contributed by atoms with Crippen molar-refractivity contribution in [3.63, 3.8) is 0 Å². The highest BCUT2D eigenvalue weighted by molar-refractivity contribution is 5.19. The summed E-state index contributed by atoms with van der Waals surface area (Å²) in [5, 5.41) is 17.0. The van der Waals surface area contributed by atoms with Crippen LogP contribution in [-0.2, 0) is 82.3 Å². The zero-order valence-corrected chi connectivity index (χ0v) is 39.1. The summed E-state index contributed by atoms with van der Waals surface area (Å²) < 4.78 is 61.1. The SMILES string of the molecule is C=CCO[C@@H]1[C@H](O)[C@H](OCc2ccccc2)[C@@H](OCc2ccccc2)[C@H](OCc2ccccc2)[C@H]1O[C@H]1O[C@H](COCc2ccccc2)[C@@H](OCc2ccccc2)[C@H](OCc2ccccc2)[C@H]1N=[N+]=[N-]. The molecule has 1 aliphatic carbocycles. The summed E-state index contributed by atoms with van der Waals surface area (Å²) >= 11 is 0. The van der Waals surface area contributed by atoms with E-state index in [9.17, 15) is 10.6 Å². The smallest absolute Gasteiger partial charge is 0.169 e. The molecule has 0 spiro atoms. The molecule has 0 unspecified atom stereocenters. The molecule has 2 fully saturated rings. The summed E-state index contributed by atoms with van der Waals surface area (Å²) in [6.07, 6.45) is -8.72. The van der Waals surface area contributed by atoms with Gasteiger partial charge in [-0.05, 0) is 38.9 Å². The van der Waals surface area contributed by atoms with Crippen LogP contribution in [0.5, 0.6) is 0 Å². The van der Waals surface area contributed by atoms with Crippen LogP contribution >= 0.6 is 0 Å². The molecule has 1 heterocycles. The van der Waals surface area contributed by atoms with Crippen LogP contribution in [0.15, 0.2) is 200 Å². The molecule has 1 aliphatic heterocycles. The Morgan fingerprint density at radius 3 is 1.24 bits per heavy atom. The lowest BCUT2D eigenvalue weighted by Gasteiger charge is -2.51. The fourth-order valence-corrected chi connectivity index (χ4v) is 8.81. The van der Waals surface area contributed by atoms with Gasteiger partial charge < -0.3 is 47.7 Å². The number of aliphatic hydroxyl groups is 1. The maximum absolute atomic E-state index is 12.6. The first kappa shape index (κ1) is 50.4. The zero-order valence-electron chi connectivity index (χ0n) is 39.1. The van der Waals surface area contributed by atoms with Gasteiger partial charge in [0.25, 0.3) is 0 Å². The Kier molecular flexibility index (Phi) is 19.3. The van der Waals surface area contributed by atoms with Gasteiger partial charge in [0.05, 0.1) is 52.9 Å². The molecule has 8 rings (SSSR count). The van der Waals surface area contributed by atoms with Crippen molar-refractivity contribution in [2.24, 2.45) is 5.11 Å². The van der Waals surface area contributed by atoms with Gasteiger partial charge in [0.1, 0.15) is 61.0 Å². The standard InChI is InChI=1S/C57H61N3O10/c1-2-33-63-53-49(61)52(66-37-44-27-15-6-16-28-44)54(67-38-45-29-17-7-18-30-45)55(68-39-46-31-19-8-20-32-46)56(53)70-57-48(59-60-58)51(65-36-43-25-13-5-14-26-43)50(64-35-42-23-11-4-12-24-42)47(69-57)40-62-34-41-21-9-3-10-22-41/h2-32,47-57,61H,1,33-40H2/t47-,48-,49-,50-,51-,52+,53-,54-,55+,56+,57-/m1/s1. The minimum atomic E-state index is -1.33. The Balaban J connectivity index is 1.19. The molecule has 2 aliphatic rings. The highest BCUT2D eigenvalue weighted by atomic mass is 16.7. The molecule has 0 bridgehead atoms. The molecule has 0 aromatic heterocycles. The van der Waals surface area contributed by atoms with Crippen LogP contribution in [-0.4, -0.2) is 85.6 Å². The number of azide groups is 1. The van der Waals surface area contributed by atoms with Gasteiger partial charge in [0.15, 0.2) is 6.29 Å². The molecule has 6 aromatic carbocycles. The van der Waals surface area contributed by atoms with Crippen molar-refractivity contribution in [2.45, 2.75) is 107 Å². The second kappa shape index (κ2) is 26.8. The molecular formula is C57H61N3O10. The summed E-state index contributed by atoms with van der Waals surface area (Å²) in [6, 6.07) is 57.4. The van der Waals surface area contributed by atoms with E-state index in [-0.39, 0.29) is 46.2 Å². The second-order valence-corrected chi connectivity index (χ2v) is 17.2. The van der Waals surface area contributed by atoms with E-state index in [0.29, 0.717) is 6.61 Å². The second-order valence-electron chi connectivity index (χ2n) is 17.2. The Hall–Kier alpha value is -6.03. The topological polar surface area (TPSA) is 152 Å². The lowest BCUT2D eigenvalue weighted by atomic mass is 9.83. The number of nitrogens with zero attached hydrogens (tertiary/aromatic N) is 3. The van der Waals surface area contributed by atoms with Crippen LogP contribution in [0.1, 0.15) is 33.4 Å². The van der Waals surface area contributed by atoms with E-state index in [1.165, 1.54) is 0 Å². The van der Waals surface area contributed by atoms with E-state index < -0.39 is 67.3 Å². The molecule has 364 valence electrons. The zero-order chi connectivity index (χ0) is 48.2.